The summed E-state index contributed by atoms with van der Waals surface area (Å²) in [5.74, 6) is 0.311. The van der Waals surface area contributed by atoms with Crippen LogP contribution < -0.4 is 4.90 Å². The quantitative estimate of drug-likeness (QED) is 0.684. The first-order chi connectivity index (χ1) is 5.70. The Morgan fingerprint density at radius 3 is 2.25 bits per heavy atom. The molecular weight excluding hydrogens is 154 g/mol. The molecule has 3 heteroatoms. The fourth-order valence-electron chi connectivity index (χ4n) is 0.771. The van der Waals surface area contributed by atoms with Gasteiger partial charge in [-0.3, -0.25) is 0 Å². The van der Waals surface area contributed by atoms with Crippen molar-refractivity contribution in [3.05, 3.63) is 24.3 Å². The van der Waals surface area contributed by atoms with Crippen molar-refractivity contribution in [2.45, 2.75) is 0 Å². The zero-order chi connectivity index (χ0) is 9.56. The number of hydrogen-bond acceptors (Lipinski definition) is 3. The smallest absolute Gasteiger partial charge is 0.117 e. The van der Waals surface area contributed by atoms with Gasteiger partial charge in [0.25, 0.3) is 0 Å². The van der Waals surface area contributed by atoms with E-state index in [-0.39, 0.29) is 0 Å². The van der Waals surface area contributed by atoms with Gasteiger partial charge >= 0.3 is 0 Å². The van der Waals surface area contributed by atoms with E-state index < -0.39 is 0 Å². The summed E-state index contributed by atoms with van der Waals surface area (Å²) in [6.45, 7) is 2.00. The Kier molecular flexibility index (Phi) is 4.53. The molecule has 0 aromatic heterocycles. The fraction of sp³-hybridized carbons (Fsp3) is 0.222. The van der Waals surface area contributed by atoms with Gasteiger partial charge < -0.3 is 14.8 Å². The summed E-state index contributed by atoms with van der Waals surface area (Å²) < 4.78 is 0. The molecule has 12 heavy (non-hydrogen) atoms. The molecule has 0 radical (unpaired) electrons. The van der Waals surface area contributed by atoms with Crippen molar-refractivity contribution in [1.29, 1.82) is 0 Å². The van der Waals surface area contributed by atoms with Crippen molar-refractivity contribution in [3.63, 3.8) is 0 Å². The Hall–Kier alpha value is -1.51. The maximum Gasteiger partial charge on any atom is 0.117 e. The lowest BCUT2D eigenvalue weighted by Crippen LogP contribution is -2.07. The van der Waals surface area contributed by atoms with E-state index in [0.717, 1.165) is 5.69 Å². The highest BCUT2D eigenvalue weighted by Gasteiger charge is 1.93. The van der Waals surface area contributed by atoms with E-state index >= 15 is 0 Å². The largest absolute Gasteiger partial charge is 0.508 e. The highest BCUT2D eigenvalue weighted by Crippen LogP contribution is 2.16. The van der Waals surface area contributed by atoms with E-state index in [1.54, 1.807) is 12.1 Å². The molecule has 1 rings (SSSR count). The molecule has 0 saturated carbocycles. The zero-order valence-corrected chi connectivity index (χ0v) is 7.32. The number of benzene rings is 1. The van der Waals surface area contributed by atoms with Crippen LogP contribution in [-0.4, -0.2) is 26.0 Å². The van der Waals surface area contributed by atoms with Gasteiger partial charge in [-0.1, -0.05) is 6.07 Å². The standard InChI is InChI=1S/C8H11NO.CH2O/c1-9(2)7-4-3-5-8(10)6-7;1-2/h3-6,10H,1-2H3;1H2. The third-order valence-electron chi connectivity index (χ3n) is 1.35. The topological polar surface area (TPSA) is 40.5 Å². The van der Waals surface area contributed by atoms with E-state index in [0.29, 0.717) is 5.75 Å². The average Bonchev–Trinajstić information content (AvgIpc) is 2.08. The molecule has 1 aromatic carbocycles. The molecule has 66 valence electrons. The van der Waals surface area contributed by atoms with Crippen molar-refractivity contribution >= 4 is 12.5 Å². The van der Waals surface area contributed by atoms with Crippen molar-refractivity contribution in [1.82, 2.24) is 0 Å². The summed E-state index contributed by atoms with van der Waals surface area (Å²) in [4.78, 5) is 9.94. The molecule has 0 aliphatic carbocycles. The van der Waals surface area contributed by atoms with Crippen LogP contribution in [0.3, 0.4) is 0 Å². The molecule has 0 atom stereocenters. The average molecular weight is 167 g/mol. The minimum absolute atomic E-state index is 0.311. The van der Waals surface area contributed by atoms with Gasteiger partial charge in [0.2, 0.25) is 0 Å². The van der Waals surface area contributed by atoms with Gasteiger partial charge in [-0.25, -0.2) is 0 Å². The molecule has 0 heterocycles. The zero-order valence-electron chi connectivity index (χ0n) is 7.32. The molecule has 0 unspecified atom stereocenters. The van der Waals surface area contributed by atoms with Gasteiger partial charge in [0.15, 0.2) is 0 Å². The molecule has 1 aromatic rings. The van der Waals surface area contributed by atoms with Crippen LogP contribution in [0.4, 0.5) is 5.69 Å². The molecule has 1 N–H and O–H groups in total. The highest BCUT2D eigenvalue weighted by molar-refractivity contribution is 5.48. The van der Waals surface area contributed by atoms with Crippen LogP contribution in [0.25, 0.3) is 0 Å². The molecule has 0 bridgehead atoms. The number of phenolic OH excluding ortho intramolecular Hbond substituents is 1. The van der Waals surface area contributed by atoms with Crippen molar-refractivity contribution in [2.24, 2.45) is 0 Å². The van der Waals surface area contributed by atoms with Gasteiger partial charge in [0.1, 0.15) is 12.5 Å². The van der Waals surface area contributed by atoms with Crippen LogP contribution in [0.15, 0.2) is 24.3 Å². The number of hydrogen-bond donors (Lipinski definition) is 1. The highest BCUT2D eigenvalue weighted by atomic mass is 16.3. The molecule has 3 nitrogen and oxygen atoms in total. The second kappa shape index (κ2) is 5.18. The molecular formula is C9H13NO2. The maximum absolute atomic E-state index is 9.04. The lowest BCUT2D eigenvalue weighted by Gasteiger charge is -2.11. The van der Waals surface area contributed by atoms with E-state index in [1.807, 2.05) is 37.9 Å². The Morgan fingerprint density at radius 1 is 1.33 bits per heavy atom. The Balaban J connectivity index is 0.000000561. The second-order valence-corrected chi connectivity index (χ2v) is 2.41. The van der Waals surface area contributed by atoms with Crippen molar-refractivity contribution in [2.75, 3.05) is 19.0 Å². The minimum atomic E-state index is 0.311. The predicted octanol–water partition coefficient (Wildman–Crippen LogP) is 1.27. The summed E-state index contributed by atoms with van der Waals surface area (Å²) in [6.07, 6.45) is 0. The number of phenols is 1. The first-order valence-electron chi connectivity index (χ1n) is 3.45. The SMILES string of the molecule is C=O.CN(C)c1cccc(O)c1. The van der Waals surface area contributed by atoms with Gasteiger partial charge in [0, 0.05) is 25.8 Å². The monoisotopic (exact) mass is 167 g/mol. The predicted molar refractivity (Wildman–Crippen MR) is 49.6 cm³/mol. The first kappa shape index (κ1) is 10.5. The maximum atomic E-state index is 9.04. The third-order valence-corrected chi connectivity index (χ3v) is 1.35. The van der Waals surface area contributed by atoms with Gasteiger partial charge in [-0.2, -0.15) is 0 Å². The summed E-state index contributed by atoms with van der Waals surface area (Å²) in [6, 6.07) is 7.15. The van der Waals surface area contributed by atoms with Gasteiger partial charge in [-0.15, -0.1) is 0 Å². The van der Waals surface area contributed by atoms with Gasteiger partial charge in [0.05, 0.1) is 0 Å². The summed E-state index contributed by atoms with van der Waals surface area (Å²) in [7, 11) is 3.88. The van der Waals surface area contributed by atoms with E-state index in [9.17, 15) is 0 Å². The van der Waals surface area contributed by atoms with Crippen LogP contribution in [0.2, 0.25) is 0 Å². The van der Waals surface area contributed by atoms with Gasteiger partial charge in [-0.05, 0) is 12.1 Å². The number of carbonyl (C=O) groups excluding carboxylic acids is 1. The number of aromatic hydroxyl groups is 1. The Bertz CT molecular complexity index is 236. The Morgan fingerprint density at radius 2 is 1.92 bits per heavy atom. The number of anilines is 1. The normalized spacial score (nSPS) is 8.17. The summed E-state index contributed by atoms with van der Waals surface area (Å²) >= 11 is 0. The lowest BCUT2D eigenvalue weighted by molar-refractivity contribution is -0.0979. The van der Waals surface area contributed by atoms with Crippen LogP contribution in [-0.2, 0) is 4.79 Å². The molecule has 0 aliphatic rings. The van der Waals surface area contributed by atoms with E-state index in [2.05, 4.69) is 0 Å². The van der Waals surface area contributed by atoms with E-state index in [1.165, 1.54) is 0 Å². The first-order valence-corrected chi connectivity index (χ1v) is 3.45. The Labute approximate surface area is 72.2 Å². The number of nitrogens with zero attached hydrogens (tertiary/aromatic N) is 1. The summed E-state index contributed by atoms with van der Waals surface area (Å²) in [5, 5.41) is 9.04. The number of rotatable bonds is 1. The molecule has 0 fully saturated rings. The molecule has 0 aliphatic heterocycles. The molecule has 0 spiro atoms. The van der Waals surface area contributed by atoms with Crippen molar-refractivity contribution < 1.29 is 9.90 Å². The minimum Gasteiger partial charge on any atom is -0.508 e. The number of carbonyl (C=O) groups is 1. The van der Waals surface area contributed by atoms with E-state index in [4.69, 9.17) is 9.90 Å². The fourth-order valence-corrected chi connectivity index (χ4v) is 0.771. The van der Waals surface area contributed by atoms with Crippen LogP contribution >= 0.6 is 0 Å². The summed E-state index contributed by atoms with van der Waals surface area (Å²) in [5.41, 5.74) is 1.01. The van der Waals surface area contributed by atoms with Crippen molar-refractivity contribution in [3.8, 4) is 5.75 Å². The van der Waals surface area contributed by atoms with Crippen LogP contribution in [0.5, 0.6) is 5.75 Å². The molecule has 0 amide bonds. The van der Waals surface area contributed by atoms with Crippen LogP contribution in [0.1, 0.15) is 0 Å². The molecule has 0 saturated heterocycles. The van der Waals surface area contributed by atoms with Crippen LogP contribution in [0, 0.1) is 0 Å². The second-order valence-electron chi connectivity index (χ2n) is 2.41. The lowest BCUT2D eigenvalue weighted by atomic mass is 10.3. The third kappa shape index (κ3) is 3.05.